The zero-order chi connectivity index (χ0) is 25.0. The first-order chi connectivity index (χ1) is 16.6. The molecule has 2 heterocycles. The van der Waals surface area contributed by atoms with Crippen molar-refractivity contribution in [2.75, 3.05) is 26.2 Å². The monoisotopic (exact) mass is 478 g/mol. The second kappa shape index (κ2) is 8.29. The molecule has 0 aromatic heterocycles. The number of carboxylic acid groups (broad SMARTS) is 1. The summed E-state index contributed by atoms with van der Waals surface area (Å²) in [5.41, 5.74) is 2.21. The summed E-state index contributed by atoms with van der Waals surface area (Å²) in [6.45, 7) is 5.78. The minimum Gasteiger partial charge on any atom is -0.479 e. The lowest BCUT2D eigenvalue weighted by Gasteiger charge is -2.34. The van der Waals surface area contributed by atoms with E-state index in [-0.39, 0.29) is 38.1 Å². The van der Waals surface area contributed by atoms with E-state index in [1.54, 1.807) is 20.8 Å². The van der Waals surface area contributed by atoms with Crippen molar-refractivity contribution >= 4 is 18.2 Å². The van der Waals surface area contributed by atoms with Crippen molar-refractivity contribution in [3.8, 4) is 11.1 Å². The number of nitrogens with zero attached hydrogens (tertiary/aromatic N) is 2. The molecule has 2 fully saturated rings. The van der Waals surface area contributed by atoms with Crippen LogP contribution in [0.4, 0.5) is 9.59 Å². The van der Waals surface area contributed by atoms with E-state index < -0.39 is 29.3 Å². The van der Waals surface area contributed by atoms with Gasteiger partial charge in [0.2, 0.25) is 0 Å². The Morgan fingerprint density at radius 2 is 1.60 bits per heavy atom. The fourth-order valence-electron chi connectivity index (χ4n) is 5.77. The molecule has 0 saturated carbocycles. The summed E-state index contributed by atoms with van der Waals surface area (Å²) in [6, 6.07) is 16.1. The van der Waals surface area contributed by atoms with Crippen molar-refractivity contribution in [2.45, 2.75) is 44.2 Å². The lowest BCUT2D eigenvalue weighted by atomic mass is 9.88. The van der Waals surface area contributed by atoms with Crippen molar-refractivity contribution in [3.63, 3.8) is 0 Å². The normalized spacial score (nSPS) is 23.0. The van der Waals surface area contributed by atoms with Crippen molar-refractivity contribution < 1.29 is 29.0 Å². The Bertz CT molecular complexity index is 1140. The molecule has 0 spiro atoms. The molecule has 35 heavy (non-hydrogen) atoms. The molecule has 3 aliphatic rings. The molecule has 2 amide bonds. The van der Waals surface area contributed by atoms with Crippen LogP contribution >= 0.6 is 0 Å². The van der Waals surface area contributed by atoms with E-state index in [2.05, 4.69) is 12.1 Å². The third-order valence-electron chi connectivity index (χ3n) is 7.31. The second-order valence-electron chi connectivity index (χ2n) is 10.5. The zero-order valence-corrected chi connectivity index (χ0v) is 20.2. The van der Waals surface area contributed by atoms with Crippen molar-refractivity contribution in [1.82, 2.24) is 9.80 Å². The number of hydrogen-bond acceptors (Lipinski definition) is 5. The SMILES string of the molecule is CC(C)(C)OC(=O)N1C[C@@H]2CCN(C(=O)OCC3c4ccccc4-c4ccccc43)[C@]2(C(=O)O)C1. The highest BCUT2D eigenvalue weighted by Gasteiger charge is 2.63. The average Bonchev–Trinajstić information content (AvgIpc) is 3.45. The quantitative estimate of drug-likeness (QED) is 0.705. The van der Waals surface area contributed by atoms with E-state index >= 15 is 0 Å². The molecule has 8 heteroatoms. The van der Waals surface area contributed by atoms with Gasteiger partial charge in [0.15, 0.2) is 5.54 Å². The maximum Gasteiger partial charge on any atom is 0.410 e. The zero-order valence-electron chi connectivity index (χ0n) is 20.2. The lowest BCUT2D eigenvalue weighted by molar-refractivity contribution is -0.149. The number of carboxylic acids is 1. The van der Waals surface area contributed by atoms with Crippen molar-refractivity contribution in [1.29, 1.82) is 0 Å². The molecule has 184 valence electrons. The van der Waals surface area contributed by atoms with Crippen LogP contribution in [0.2, 0.25) is 0 Å². The Hall–Kier alpha value is -3.55. The summed E-state index contributed by atoms with van der Waals surface area (Å²) in [5, 5.41) is 10.2. The molecular formula is C27H30N2O6. The molecule has 2 saturated heterocycles. The molecular weight excluding hydrogens is 448 g/mol. The fourth-order valence-corrected chi connectivity index (χ4v) is 5.77. The van der Waals surface area contributed by atoms with Crippen LogP contribution in [0.15, 0.2) is 48.5 Å². The van der Waals surface area contributed by atoms with Gasteiger partial charge in [0.25, 0.3) is 0 Å². The van der Waals surface area contributed by atoms with E-state index in [4.69, 9.17) is 9.47 Å². The number of fused-ring (bicyclic) bond motifs is 4. The third kappa shape index (κ3) is 3.81. The topological polar surface area (TPSA) is 96.4 Å². The number of carbonyl (C=O) groups is 3. The number of rotatable bonds is 3. The molecule has 0 bridgehead atoms. The summed E-state index contributed by atoms with van der Waals surface area (Å²) in [5.74, 6) is -1.63. The summed E-state index contributed by atoms with van der Waals surface area (Å²) < 4.78 is 11.2. The van der Waals surface area contributed by atoms with Crippen molar-refractivity contribution in [2.24, 2.45) is 5.92 Å². The predicted molar refractivity (Wildman–Crippen MR) is 128 cm³/mol. The smallest absolute Gasteiger partial charge is 0.410 e. The van der Waals surface area contributed by atoms with Crippen molar-refractivity contribution in [3.05, 3.63) is 59.7 Å². The number of aliphatic carboxylic acids is 1. The molecule has 2 aromatic rings. The summed E-state index contributed by atoms with van der Waals surface area (Å²) in [6.07, 6.45) is -0.752. The predicted octanol–water partition coefficient (Wildman–Crippen LogP) is 4.33. The van der Waals surface area contributed by atoms with Gasteiger partial charge in [-0.3, -0.25) is 4.90 Å². The Balaban J connectivity index is 1.34. The summed E-state index contributed by atoms with van der Waals surface area (Å²) >= 11 is 0. The highest BCUT2D eigenvalue weighted by atomic mass is 16.6. The Morgan fingerprint density at radius 3 is 2.17 bits per heavy atom. The summed E-state index contributed by atoms with van der Waals surface area (Å²) in [4.78, 5) is 41.2. The van der Waals surface area contributed by atoms with Gasteiger partial charge in [-0.2, -0.15) is 0 Å². The Labute approximate surface area is 204 Å². The maximum absolute atomic E-state index is 13.3. The van der Waals surface area contributed by atoms with Gasteiger partial charge >= 0.3 is 18.2 Å². The van der Waals surface area contributed by atoms with Crippen LogP contribution in [-0.2, 0) is 14.3 Å². The Kier molecular flexibility index (Phi) is 5.49. The molecule has 5 rings (SSSR count). The number of ether oxygens (including phenoxy) is 2. The van der Waals surface area contributed by atoms with Gasteiger partial charge in [0.1, 0.15) is 12.2 Å². The standard InChI is InChI=1S/C27H30N2O6/c1-26(2,3)35-24(32)28-14-17-12-13-29(27(17,16-28)23(30)31)25(33)34-15-22-20-10-6-4-8-18(20)19-9-5-7-11-21(19)22/h4-11,17,22H,12-16H2,1-3H3,(H,30,31)/t17-,27+/m0/s1. The largest absolute Gasteiger partial charge is 0.479 e. The molecule has 8 nitrogen and oxygen atoms in total. The molecule has 1 N–H and O–H groups in total. The Morgan fingerprint density at radius 1 is 1.00 bits per heavy atom. The van der Waals surface area contributed by atoms with E-state index in [0.29, 0.717) is 6.42 Å². The van der Waals surface area contributed by atoms with Gasteiger partial charge < -0.3 is 19.5 Å². The van der Waals surface area contributed by atoms with Gasteiger partial charge in [-0.25, -0.2) is 14.4 Å². The highest BCUT2D eigenvalue weighted by Crippen LogP contribution is 2.46. The fraction of sp³-hybridized carbons (Fsp3) is 0.444. The maximum atomic E-state index is 13.3. The van der Waals surface area contributed by atoms with Crippen LogP contribution in [0, 0.1) is 5.92 Å². The first kappa shape index (κ1) is 23.2. The molecule has 0 radical (unpaired) electrons. The number of carbonyl (C=O) groups excluding carboxylic acids is 2. The van der Waals surface area contributed by atoms with Gasteiger partial charge in [-0.05, 0) is 49.4 Å². The third-order valence-corrected chi connectivity index (χ3v) is 7.31. The van der Waals surface area contributed by atoms with Crippen LogP contribution in [0.25, 0.3) is 11.1 Å². The molecule has 0 unspecified atom stereocenters. The summed E-state index contributed by atoms with van der Waals surface area (Å²) in [7, 11) is 0. The molecule has 2 atom stereocenters. The highest BCUT2D eigenvalue weighted by molar-refractivity contribution is 5.88. The molecule has 2 aromatic carbocycles. The van der Waals surface area contributed by atoms with Crippen LogP contribution in [0.5, 0.6) is 0 Å². The number of hydrogen-bond donors (Lipinski definition) is 1. The first-order valence-corrected chi connectivity index (χ1v) is 12.0. The van der Waals surface area contributed by atoms with Crippen LogP contribution < -0.4 is 0 Å². The van der Waals surface area contributed by atoms with Crippen LogP contribution in [0.3, 0.4) is 0 Å². The van der Waals surface area contributed by atoms with Crippen LogP contribution in [0.1, 0.15) is 44.2 Å². The van der Waals surface area contributed by atoms with E-state index in [1.165, 1.54) is 9.80 Å². The minimum absolute atomic E-state index is 0.111. The molecule has 1 aliphatic carbocycles. The van der Waals surface area contributed by atoms with Gasteiger partial charge in [-0.15, -0.1) is 0 Å². The minimum atomic E-state index is -1.51. The van der Waals surface area contributed by atoms with Gasteiger partial charge in [0.05, 0.1) is 6.54 Å². The van der Waals surface area contributed by atoms with E-state index in [0.717, 1.165) is 22.3 Å². The lowest BCUT2D eigenvalue weighted by Crippen LogP contribution is -2.58. The van der Waals surface area contributed by atoms with E-state index in [9.17, 15) is 19.5 Å². The molecule has 2 aliphatic heterocycles. The average molecular weight is 479 g/mol. The number of benzene rings is 2. The van der Waals surface area contributed by atoms with Gasteiger partial charge in [0, 0.05) is 24.9 Å². The van der Waals surface area contributed by atoms with Gasteiger partial charge in [-0.1, -0.05) is 48.5 Å². The number of likely N-dealkylation sites (tertiary alicyclic amines) is 2. The second-order valence-corrected chi connectivity index (χ2v) is 10.5. The number of amides is 2. The first-order valence-electron chi connectivity index (χ1n) is 12.0. The van der Waals surface area contributed by atoms with E-state index in [1.807, 2.05) is 36.4 Å². The van der Waals surface area contributed by atoms with Crippen LogP contribution in [-0.4, -0.2) is 70.4 Å².